The molecule has 0 aromatic heterocycles. The molecule has 0 atom stereocenters. The largest absolute Gasteiger partial charge is 0.461 e. The second-order valence-electron chi connectivity index (χ2n) is 3.82. The molecule has 0 aromatic carbocycles. The van der Waals surface area contributed by atoms with Gasteiger partial charge in [0.1, 0.15) is 10.9 Å². The zero-order valence-corrected chi connectivity index (χ0v) is 8.45. The van der Waals surface area contributed by atoms with Crippen LogP contribution in [0.5, 0.6) is 0 Å². The first kappa shape index (κ1) is 9.90. The maximum atomic E-state index is 11.3. The molecular weight excluding hydrogens is 172 g/mol. The van der Waals surface area contributed by atoms with Crippen LogP contribution in [0.3, 0.4) is 0 Å². The van der Waals surface area contributed by atoms with Gasteiger partial charge in [-0.2, -0.15) is 0 Å². The Balaban J connectivity index is 2.35. The third kappa shape index (κ3) is 2.70. The van der Waals surface area contributed by atoms with E-state index >= 15 is 0 Å². The summed E-state index contributed by atoms with van der Waals surface area (Å²) in [5, 5.41) is 0. The zero-order chi connectivity index (χ0) is 9.19. The van der Waals surface area contributed by atoms with Gasteiger partial charge in [-0.25, -0.2) is 0 Å². The Kier molecular flexibility index (Phi) is 3.04. The number of ether oxygens (including phenoxy) is 1. The molecule has 12 heavy (non-hydrogen) atoms. The lowest BCUT2D eigenvalue weighted by atomic mass is 10.2. The molecule has 0 heterocycles. The second-order valence-corrected chi connectivity index (χ2v) is 4.84. The van der Waals surface area contributed by atoms with Gasteiger partial charge in [-0.1, -0.05) is 12.6 Å². The molecule has 0 aromatic rings. The molecule has 0 spiro atoms. The lowest BCUT2D eigenvalue weighted by molar-refractivity contribution is -0.150. The first-order chi connectivity index (χ1) is 5.50. The molecule has 1 rings (SSSR count). The summed E-state index contributed by atoms with van der Waals surface area (Å²) >= 11 is 4.97. The Morgan fingerprint density at radius 1 is 1.42 bits per heavy atom. The first-order valence-electron chi connectivity index (χ1n) is 4.41. The van der Waals surface area contributed by atoms with Crippen LogP contribution in [-0.4, -0.2) is 16.8 Å². The highest BCUT2D eigenvalue weighted by Crippen LogP contribution is 2.24. The molecular formula is C9H15O2S. The van der Waals surface area contributed by atoms with Crippen LogP contribution in [0.25, 0.3) is 0 Å². The minimum Gasteiger partial charge on any atom is -0.461 e. The zero-order valence-electron chi connectivity index (χ0n) is 7.63. The van der Waals surface area contributed by atoms with Crippen LogP contribution in [0.1, 0.15) is 39.5 Å². The summed E-state index contributed by atoms with van der Waals surface area (Å²) < 4.78 is 4.47. The first-order valence-corrected chi connectivity index (χ1v) is 4.82. The van der Waals surface area contributed by atoms with Gasteiger partial charge in [0.05, 0.1) is 0 Å². The van der Waals surface area contributed by atoms with Crippen LogP contribution in [0.4, 0.5) is 0 Å². The van der Waals surface area contributed by atoms with Crippen molar-refractivity contribution in [3.05, 3.63) is 0 Å². The summed E-state index contributed by atoms with van der Waals surface area (Å²) in [4.78, 5) is 11.3. The van der Waals surface area contributed by atoms with E-state index in [1.54, 1.807) is 13.8 Å². The SMILES string of the molecule is CC(C)([S])C(=O)OC1CCCC1. The van der Waals surface area contributed by atoms with Crippen LogP contribution in [-0.2, 0) is 9.53 Å². The van der Waals surface area contributed by atoms with Gasteiger partial charge in [0.25, 0.3) is 0 Å². The molecule has 2 nitrogen and oxygen atoms in total. The van der Waals surface area contributed by atoms with E-state index in [0.29, 0.717) is 0 Å². The Hall–Kier alpha value is -0.180. The predicted octanol–water partition coefficient (Wildman–Crippen LogP) is 2.45. The van der Waals surface area contributed by atoms with Crippen molar-refractivity contribution >= 4 is 18.6 Å². The fourth-order valence-corrected chi connectivity index (χ4v) is 1.35. The molecule has 69 valence electrons. The van der Waals surface area contributed by atoms with Crippen molar-refractivity contribution in [2.45, 2.75) is 50.4 Å². The average Bonchev–Trinajstić information content (AvgIpc) is 2.37. The van der Waals surface area contributed by atoms with Gasteiger partial charge in [0, 0.05) is 0 Å². The smallest absolute Gasteiger partial charge is 0.322 e. The summed E-state index contributed by atoms with van der Waals surface area (Å²) in [6.45, 7) is 3.42. The minimum atomic E-state index is -0.761. The van der Waals surface area contributed by atoms with Gasteiger partial charge in [-0.3, -0.25) is 4.79 Å². The second kappa shape index (κ2) is 3.69. The molecule has 0 unspecified atom stereocenters. The molecule has 0 bridgehead atoms. The quantitative estimate of drug-likeness (QED) is 0.621. The lowest BCUT2D eigenvalue weighted by Crippen LogP contribution is -2.30. The van der Waals surface area contributed by atoms with Crippen molar-refractivity contribution in [3.63, 3.8) is 0 Å². The lowest BCUT2D eigenvalue weighted by Gasteiger charge is -2.18. The molecule has 0 saturated heterocycles. The van der Waals surface area contributed by atoms with E-state index in [9.17, 15) is 4.79 Å². The molecule has 1 saturated carbocycles. The number of hydrogen-bond acceptors (Lipinski definition) is 2. The maximum absolute atomic E-state index is 11.3. The molecule has 1 aliphatic carbocycles. The molecule has 0 N–H and O–H groups in total. The molecule has 0 aliphatic heterocycles. The van der Waals surface area contributed by atoms with Crippen molar-refractivity contribution in [2.75, 3.05) is 0 Å². The van der Waals surface area contributed by atoms with Gasteiger partial charge in [0.15, 0.2) is 0 Å². The van der Waals surface area contributed by atoms with Crippen molar-refractivity contribution < 1.29 is 9.53 Å². The molecule has 0 amide bonds. The average molecular weight is 187 g/mol. The van der Waals surface area contributed by atoms with E-state index in [1.165, 1.54) is 12.8 Å². The van der Waals surface area contributed by atoms with Crippen molar-refractivity contribution in [3.8, 4) is 0 Å². The summed E-state index contributed by atoms with van der Waals surface area (Å²) in [6, 6.07) is 0. The van der Waals surface area contributed by atoms with Crippen molar-refractivity contribution in [1.29, 1.82) is 0 Å². The number of carbonyl (C=O) groups is 1. The van der Waals surface area contributed by atoms with E-state index in [4.69, 9.17) is 17.4 Å². The number of carbonyl (C=O) groups excluding carboxylic acids is 1. The van der Waals surface area contributed by atoms with Gasteiger partial charge in [-0.05, 0) is 39.5 Å². The fraction of sp³-hybridized carbons (Fsp3) is 0.889. The highest BCUT2D eigenvalue weighted by Gasteiger charge is 2.29. The minimum absolute atomic E-state index is 0.139. The Bertz CT molecular complexity index is 166. The maximum Gasteiger partial charge on any atom is 0.322 e. The Labute approximate surface area is 79.1 Å². The highest BCUT2D eigenvalue weighted by molar-refractivity contribution is 7.82. The molecule has 1 aliphatic rings. The molecule has 1 radical (unpaired) electrons. The normalized spacial score (nSPS) is 19.6. The number of esters is 1. The standard InChI is InChI=1S/C9H15O2S/c1-9(2,12)8(10)11-7-5-3-4-6-7/h7H,3-6H2,1-2H3. The van der Waals surface area contributed by atoms with Crippen LogP contribution < -0.4 is 0 Å². The monoisotopic (exact) mass is 187 g/mol. The van der Waals surface area contributed by atoms with E-state index in [1.807, 2.05) is 0 Å². The van der Waals surface area contributed by atoms with Crippen LogP contribution in [0, 0.1) is 0 Å². The van der Waals surface area contributed by atoms with E-state index in [0.717, 1.165) is 12.8 Å². The third-order valence-electron chi connectivity index (χ3n) is 2.07. The predicted molar refractivity (Wildman–Crippen MR) is 50.0 cm³/mol. The molecule has 1 fully saturated rings. The summed E-state index contributed by atoms with van der Waals surface area (Å²) in [7, 11) is 0. The fourth-order valence-electron chi connectivity index (χ4n) is 1.30. The highest BCUT2D eigenvalue weighted by atomic mass is 32.1. The van der Waals surface area contributed by atoms with Gasteiger partial charge >= 0.3 is 5.97 Å². The van der Waals surface area contributed by atoms with E-state index < -0.39 is 4.75 Å². The summed E-state index contributed by atoms with van der Waals surface area (Å²) in [5.74, 6) is -0.246. The van der Waals surface area contributed by atoms with Gasteiger partial charge < -0.3 is 4.74 Å². The molecule has 3 heteroatoms. The van der Waals surface area contributed by atoms with Crippen molar-refractivity contribution in [1.82, 2.24) is 0 Å². The number of rotatable bonds is 2. The Morgan fingerprint density at radius 2 is 1.92 bits per heavy atom. The van der Waals surface area contributed by atoms with Crippen LogP contribution in [0.2, 0.25) is 0 Å². The Morgan fingerprint density at radius 3 is 2.33 bits per heavy atom. The van der Waals surface area contributed by atoms with E-state index in [2.05, 4.69) is 0 Å². The summed E-state index contributed by atoms with van der Waals surface area (Å²) in [6.07, 6.45) is 4.51. The van der Waals surface area contributed by atoms with Crippen LogP contribution >= 0.6 is 12.6 Å². The van der Waals surface area contributed by atoms with Gasteiger partial charge in [-0.15, -0.1) is 0 Å². The number of hydrogen-bond donors (Lipinski definition) is 0. The summed E-state index contributed by atoms with van der Waals surface area (Å²) in [5.41, 5.74) is 0. The third-order valence-corrected chi connectivity index (χ3v) is 2.23. The van der Waals surface area contributed by atoms with Gasteiger partial charge in [0.2, 0.25) is 0 Å². The van der Waals surface area contributed by atoms with Crippen molar-refractivity contribution in [2.24, 2.45) is 0 Å². The topological polar surface area (TPSA) is 26.3 Å². The van der Waals surface area contributed by atoms with E-state index in [-0.39, 0.29) is 12.1 Å². The van der Waals surface area contributed by atoms with Crippen LogP contribution in [0.15, 0.2) is 0 Å².